The lowest BCUT2D eigenvalue weighted by molar-refractivity contribution is -0.159. The summed E-state index contributed by atoms with van der Waals surface area (Å²) in [6.07, 6.45) is 18.0. The van der Waals surface area contributed by atoms with Crippen LogP contribution in [0.5, 0.6) is 0 Å². The Morgan fingerprint density at radius 2 is 1.16 bits per heavy atom. The minimum Gasteiger partial charge on any atom is -0.480 e. The van der Waals surface area contributed by atoms with Crippen molar-refractivity contribution in [1.82, 2.24) is 20.9 Å². The van der Waals surface area contributed by atoms with Gasteiger partial charge in [-0.25, -0.2) is 14.4 Å². The van der Waals surface area contributed by atoms with Gasteiger partial charge in [-0.1, -0.05) is 77.0 Å². The molecule has 1 aliphatic heterocycles. The fourth-order valence-corrected chi connectivity index (χ4v) is 6.51. The van der Waals surface area contributed by atoms with Crippen LogP contribution in [0.1, 0.15) is 170 Å². The quantitative estimate of drug-likeness (QED) is 0.0435. The Balaban J connectivity index is 2.21. The Morgan fingerprint density at radius 1 is 0.655 bits per heavy atom. The van der Waals surface area contributed by atoms with Crippen LogP contribution in [0.4, 0.5) is 4.79 Å². The number of aliphatic carboxylic acids is 1. The lowest BCUT2D eigenvalue weighted by atomic mass is 10.0. The molecule has 336 valence electrons. The number of esters is 2. The number of hydrogen-bond donors (Lipinski definition) is 4. The first-order valence-corrected chi connectivity index (χ1v) is 21.9. The van der Waals surface area contributed by atoms with Gasteiger partial charge >= 0.3 is 23.9 Å². The van der Waals surface area contributed by atoms with E-state index in [1.54, 1.807) is 25.7 Å². The maximum Gasteiger partial charge on any atom is 0.329 e. The van der Waals surface area contributed by atoms with Crippen molar-refractivity contribution in [3.8, 4) is 0 Å². The zero-order chi connectivity index (χ0) is 43.2. The van der Waals surface area contributed by atoms with Crippen LogP contribution in [-0.4, -0.2) is 115 Å². The van der Waals surface area contributed by atoms with Gasteiger partial charge in [-0.3, -0.25) is 14.4 Å². The van der Waals surface area contributed by atoms with E-state index in [2.05, 4.69) is 16.0 Å². The second kappa shape index (κ2) is 30.6. The highest BCUT2D eigenvalue weighted by Gasteiger charge is 2.29. The van der Waals surface area contributed by atoms with Crippen LogP contribution >= 0.6 is 0 Å². The molecule has 0 aromatic rings. The number of unbranched alkanes of at least 4 members (excludes halogenated alkanes) is 13. The number of carbonyl (C=O) groups excluding carboxylic acids is 5. The van der Waals surface area contributed by atoms with Gasteiger partial charge in [0.05, 0.1) is 19.8 Å². The maximum atomic E-state index is 13.1. The minimum absolute atomic E-state index is 0.0848. The molecule has 0 bridgehead atoms. The predicted octanol–water partition coefficient (Wildman–Crippen LogP) is 6.58. The Bertz CT molecular complexity index is 1190. The molecule has 0 spiro atoms. The van der Waals surface area contributed by atoms with Gasteiger partial charge in [0, 0.05) is 44.9 Å². The summed E-state index contributed by atoms with van der Waals surface area (Å²) in [6.45, 7) is 12.5. The molecule has 0 aromatic carbocycles. The number of piperidine rings is 1. The number of nitrogens with zero attached hydrogens (tertiary/aromatic N) is 1. The Kier molecular flexibility index (Phi) is 27.7. The maximum absolute atomic E-state index is 13.1. The highest BCUT2D eigenvalue weighted by molar-refractivity contribution is 5.85. The first-order chi connectivity index (χ1) is 27.4. The number of likely N-dealkylation sites (tertiary alicyclic amines) is 1. The summed E-state index contributed by atoms with van der Waals surface area (Å²) >= 11 is 0. The van der Waals surface area contributed by atoms with E-state index < -0.39 is 29.2 Å². The van der Waals surface area contributed by atoms with Crippen LogP contribution < -0.4 is 16.0 Å². The summed E-state index contributed by atoms with van der Waals surface area (Å²) in [5, 5.41) is 17.0. The molecule has 15 heteroatoms. The van der Waals surface area contributed by atoms with Crippen molar-refractivity contribution < 1.29 is 52.8 Å². The van der Waals surface area contributed by atoms with E-state index in [9.17, 15) is 28.8 Å². The molecule has 0 aromatic heterocycles. The number of amides is 4. The van der Waals surface area contributed by atoms with E-state index in [1.807, 2.05) is 20.8 Å². The highest BCUT2D eigenvalue weighted by Crippen LogP contribution is 2.17. The zero-order valence-corrected chi connectivity index (χ0v) is 36.7. The summed E-state index contributed by atoms with van der Waals surface area (Å²) in [5.41, 5.74) is -1.14. The normalized spacial score (nSPS) is 14.1. The summed E-state index contributed by atoms with van der Waals surface area (Å²) in [5.74, 6) is -2.02. The topological polar surface area (TPSA) is 199 Å². The molecule has 1 atom stereocenters. The van der Waals surface area contributed by atoms with Crippen LogP contribution in [-0.2, 0) is 42.9 Å². The molecule has 1 heterocycles. The molecule has 1 rings (SSSR count). The molecular weight excluding hydrogens is 748 g/mol. The third kappa shape index (κ3) is 30.6. The summed E-state index contributed by atoms with van der Waals surface area (Å²) in [7, 11) is 0. The first-order valence-electron chi connectivity index (χ1n) is 21.9. The van der Waals surface area contributed by atoms with E-state index >= 15 is 0 Å². The Labute approximate surface area is 348 Å². The number of nitrogens with one attached hydrogen (secondary N) is 3. The van der Waals surface area contributed by atoms with Crippen LogP contribution in [0.3, 0.4) is 0 Å². The van der Waals surface area contributed by atoms with Crippen molar-refractivity contribution in [3.63, 3.8) is 0 Å². The number of rotatable bonds is 31. The van der Waals surface area contributed by atoms with Gasteiger partial charge in [0.2, 0.25) is 11.8 Å². The SMILES string of the molecule is CC(C)(C)OC(=O)CCCCCCCCCCCCCCCCC(=O)NC(CCC(=O)N1CCC(NC(=O)NCCOCCOCC(=O)O)CC1)C(=O)OC(C)(C)C. The molecule has 0 saturated carbocycles. The fraction of sp³-hybridized carbons (Fsp3) is 0.860. The highest BCUT2D eigenvalue weighted by atomic mass is 16.6. The van der Waals surface area contributed by atoms with Crippen molar-refractivity contribution >= 4 is 35.8 Å². The van der Waals surface area contributed by atoms with E-state index in [0.717, 1.165) is 38.5 Å². The lowest BCUT2D eigenvalue weighted by Gasteiger charge is -2.33. The third-order valence-electron chi connectivity index (χ3n) is 9.44. The van der Waals surface area contributed by atoms with Crippen LogP contribution in [0.15, 0.2) is 0 Å². The van der Waals surface area contributed by atoms with Crippen LogP contribution in [0.25, 0.3) is 0 Å². The number of carboxylic acids is 1. The minimum atomic E-state index is -1.05. The van der Waals surface area contributed by atoms with E-state index in [-0.39, 0.29) is 75.7 Å². The average Bonchev–Trinajstić information content (AvgIpc) is 3.12. The van der Waals surface area contributed by atoms with Gasteiger partial charge < -0.3 is 44.9 Å². The van der Waals surface area contributed by atoms with Gasteiger partial charge in [0.1, 0.15) is 23.9 Å². The fourth-order valence-electron chi connectivity index (χ4n) is 6.51. The predicted molar refractivity (Wildman–Crippen MR) is 222 cm³/mol. The summed E-state index contributed by atoms with van der Waals surface area (Å²) in [4.78, 5) is 75.1. The van der Waals surface area contributed by atoms with Crippen molar-refractivity contribution in [2.24, 2.45) is 0 Å². The molecule has 1 fully saturated rings. The number of urea groups is 1. The van der Waals surface area contributed by atoms with Crippen molar-refractivity contribution in [2.75, 3.05) is 46.1 Å². The molecule has 4 N–H and O–H groups in total. The number of carboxylic acid groups (broad SMARTS) is 1. The molecule has 0 aliphatic carbocycles. The van der Waals surface area contributed by atoms with E-state index in [4.69, 9.17) is 24.1 Å². The number of ether oxygens (including phenoxy) is 4. The monoisotopic (exact) mass is 827 g/mol. The van der Waals surface area contributed by atoms with Crippen LogP contribution in [0, 0.1) is 0 Å². The largest absolute Gasteiger partial charge is 0.480 e. The van der Waals surface area contributed by atoms with Gasteiger partial charge in [-0.05, 0) is 73.6 Å². The first kappa shape index (κ1) is 52.6. The average molecular weight is 827 g/mol. The van der Waals surface area contributed by atoms with E-state index in [0.29, 0.717) is 38.8 Å². The second-order valence-electron chi connectivity index (χ2n) is 17.3. The molecule has 1 aliphatic rings. The molecule has 1 unspecified atom stereocenters. The standard InChI is InChI=1S/C43H78N4O11/c1-42(2,3)57-39(52)22-20-18-16-14-12-10-8-7-9-11-13-15-17-19-21-36(48)46-35(40(53)58-43(4,5)6)23-24-37(49)47-28-25-34(26-29-47)45-41(54)44-27-30-55-31-32-56-33-38(50)51/h34-35H,7-33H2,1-6H3,(H,46,48)(H,50,51)(H2,44,45,54). The van der Waals surface area contributed by atoms with Gasteiger partial charge in [-0.15, -0.1) is 0 Å². The number of hydrogen-bond acceptors (Lipinski definition) is 10. The molecule has 0 radical (unpaired) electrons. The van der Waals surface area contributed by atoms with Gasteiger partial charge in [0.15, 0.2) is 0 Å². The lowest BCUT2D eigenvalue weighted by Crippen LogP contribution is -2.50. The molecule has 58 heavy (non-hydrogen) atoms. The van der Waals surface area contributed by atoms with E-state index in [1.165, 1.54) is 51.4 Å². The molecule has 15 nitrogen and oxygen atoms in total. The number of carbonyl (C=O) groups is 6. The summed E-state index contributed by atoms with van der Waals surface area (Å²) in [6, 6.07) is -1.34. The van der Waals surface area contributed by atoms with Gasteiger partial charge in [-0.2, -0.15) is 0 Å². The smallest absolute Gasteiger partial charge is 0.329 e. The molecule has 4 amide bonds. The van der Waals surface area contributed by atoms with Crippen molar-refractivity contribution in [1.29, 1.82) is 0 Å². The Hall–Kier alpha value is -3.46. The third-order valence-corrected chi connectivity index (χ3v) is 9.44. The summed E-state index contributed by atoms with van der Waals surface area (Å²) < 4.78 is 21.1. The van der Waals surface area contributed by atoms with Gasteiger partial charge in [0.25, 0.3) is 0 Å². The molecular formula is C43H78N4O11. The van der Waals surface area contributed by atoms with Crippen molar-refractivity contribution in [3.05, 3.63) is 0 Å². The van der Waals surface area contributed by atoms with Crippen molar-refractivity contribution in [2.45, 2.75) is 193 Å². The van der Waals surface area contributed by atoms with Crippen LogP contribution in [0.2, 0.25) is 0 Å². The second-order valence-corrected chi connectivity index (χ2v) is 17.3. The zero-order valence-electron chi connectivity index (χ0n) is 36.7. The molecule has 1 saturated heterocycles. The Morgan fingerprint density at radius 3 is 1.67 bits per heavy atom.